The van der Waals surface area contributed by atoms with Gasteiger partial charge in [-0.15, -0.1) is 0 Å². The maximum absolute atomic E-state index is 9.36. The molecule has 2 rings (SSSR count). The molecule has 1 fully saturated rings. The Hall–Kier alpha value is -1.20. The molecule has 16 heavy (non-hydrogen) atoms. The van der Waals surface area contributed by atoms with Crippen molar-refractivity contribution in [1.82, 2.24) is 9.97 Å². The van der Waals surface area contributed by atoms with E-state index in [9.17, 15) is 5.11 Å². The fourth-order valence-electron chi connectivity index (χ4n) is 2.17. The van der Waals surface area contributed by atoms with Crippen molar-refractivity contribution >= 4 is 5.82 Å². The Morgan fingerprint density at radius 1 is 1.50 bits per heavy atom. The van der Waals surface area contributed by atoms with E-state index in [4.69, 9.17) is 5.73 Å². The molecule has 5 nitrogen and oxygen atoms in total. The highest BCUT2D eigenvalue weighted by atomic mass is 16.3. The van der Waals surface area contributed by atoms with Crippen LogP contribution in [0.4, 0.5) is 5.82 Å². The number of anilines is 1. The van der Waals surface area contributed by atoms with Crippen molar-refractivity contribution in [3.05, 3.63) is 18.1 Å². The van der Waals surface area contributed by atoms with Crippen LogP contribution in [0.5, 0.6) is 0 Å². The number of hydrogen-bond donors (Lipinski definition) is 2. The summed E-state index contributed by atoms with van der Waals surface area (Å²) in [5.74, 6) is 1.33. The first-order valence-corrected chi connectivity index (χ1v) is 5.64. The predicted octanol–water partition coefficient (Wildman–Crippen LogP) is 0.142. The van der Waals surface area contributed by atoms with E-state index in [1.54, 1.807) is 12.4 Å². The van der Waals surface area contributed by atoms with Crippen molar-refractivity contribution in [2.24, 2.45) is 11.7 Å². The van der Waals surface area contributed by atoms with Gasteiger partial charge < -0.3 is 15.7 Å². The number of rotatable bonds is 3. The van der Waals surface area contributed by atoms with Crippen LogP contribution in [-0.4, -0.2) is 34.3 Å². The van der Waals surface area contributed by atoms with Crippen LogP contribution in [0.3, 0.4) is 0 Å². The van der Waals surface area contributed by atoms with E-state index in [2.05, 4.69) is 21.8 Å². The minimum Gasteiger partial charge on any atom is -0.394 e. The molecule has 1 aliphatic heterocycles. The maximum Gasteiger partial charge on any atom is 0.147 e. The van der Waals surface area contributed by atoms with Crippen molar-refractivity contribution in [2.75, 3.05) is 18.1 Å². The van der Waals surface area contributed by atoms with Gasteiger partial charge in [0.2, 0.25) is 0 Å². The number of aliphatic hydroxyl groups is 1. The molecule has 1 aliphatic rings. The molecular formula is C11H18N4O. The lowest BCUT2D eigenvalue weighted by Gasteiger charge is -2.25. The van der Waals surface area contributed by atoms with Gasteiger partial charge in [-0.3, -0.25) is 4.98 Å². The van der Waals surface area contributed by atoms with Gasteiger partial charge in [0.1, 0.15) is 5.82 Å². The number of aliphatic hydroxyl groups excluding tert-OH is 1. The third-order valence-electron chi connectivity index (χ3n) is 3.26. The second kappa shape index (κ2) is 4.76. The van der Waals surface area contributed by atoms with Crippen molar-refractivity contribution < 1.29 is 5.11 Å². The Balaban J connectivity index is 2.17. The standard InChI is InChI=1S/C11H18N4O/c1-8-2-3-15(10(8)7-16)11-6-13-9(4-12)5-14-11/h5-6,8,10,16H,2-4,7,12H2,1H3. The summed E-state index contributed by atoms with van der Waals surface area (Å²) in [6.07, 6.45) is 4.53. The van der Waals surface area contributed by atoms with E-state index in [1.807, 2.05) is 0 Å². The van der Waals surface area contributed by atoms with Gasteiger partial charge in [0.15, 0.2) is 0 Å². The normalized spacial score (nSPS) is 25.1. The summed E-state index contributed by atoms with van der Waals surface area (Å²) >= 11 is 0. The molecule has 0 amide bonds. The lowest BCUT2D eigenvalue weighted by atomic mass is 10.0. The Morgan fingerprint density at radius 2 is 2.31 bits per heavy atom. The molecular weight excluding hydrogens is 204 g/mol. The highest BCUT2D eigenvalue weighted by molar-refractivity contribution is 5.39. The number of nitrogens with zero attached hydrogens (tertiary/aromatic N) is 3. The van der Waals surface area contributed by atoms with Crippen LogP contribution in [0, 0.1) is 5.92 Å². The summed E-state index contributed by atoms with van der Waals surface area (Å²) < 4.78 is 0. The first kappa shape index (κ1) is 11.3. The summed E-state index contributed by atoms with van der Waals surface area (Å²) in [5, 5.41) is 9.36. The first-order chi connectivity index (χ1) is 7.76. The molecule has 1 saturated heterocycles. The SMILES string of the molecule is CC1CCN(c2cnc(CN)cn2)C1CO. The van der Waals surface area contributed by atoms with Crippen molar-refractivity contribution in [2.45, 2.75) is 25.9 Å². The number of hydrogen-bond acceptors (Lipinski definition) is 5. The zero-order valence-corrected chi connectivity index (χ0v) is 9.50. The van der Waals surface area contributed by atoms with Crippen LogP contribution >= 0.6 is 0 Å². The second-order valence-corrected chi connectivity index (χ2v) is 4.28. The van der Waals surface area contributed by atoms with Crippen molar-refractivity contribution in [1.29, 1.82) is 0 Å². The van der Waals surface area contributed by atoms with Crippen LogP contribution in [-0.2, 0) is 6.54 Å². The zero-order chi connectivity index (χ0) is 11.5. The van der Waals surface area contributed by atoms with E-state index in [0.29, 0.717) is 12.5 Å². The quantitative estimate of drug-likeness (QED) is 0.761. The summed E-state index contributed by atoms with van der Waals surface area (Å²) in [7, 11) is 0. The van der Waals surface area contributed by atoms with Crippen LogP contribution in [0.25, 0.3) is 0 Å². The molecule has 0 bridgehead atoms. The average Bonchev–Trinajstić information content (AvgIpc) is 2.70. The molecule has 2 unspecified atom stereocenters. The molecule has 1 aromatic rings. The topological polar surface area (TPSA) is 75.3 Å². The fourth-order valence-corrected chi connectivity index (χ4v) is 2.17. The van der Waals surface area contributed by atoms with Gasteiger partial charge in [-0.1, -0.05) is 6.92 Å². The lowest BCUT2D eigenvalue weighted by molar-refractivity contribution is 0.244. The molecule has 88 valence electrons. The number of nitrogens with two attached hydrogens (primary N) is 1. The third kappa shape index (κ3) is 2.01. The minimum atomic E-state index is 0.165. The zero-order valence-electron chi connectivity index (χ0n) is 9.50. The van der Waals surface area contributed by atoms with E-state index >= 15 is 0 Å². The smallest absolute Gasteiger partial charge is 0.147 e. The molecule has 0 spiro atoms. The maximum atomic E-state index is 9.36. The van der Waals surface area contributed by atoms with Crippen LogP contribution < -0.4 is 10.6 Å². The van der Waals surface area contributed by atoms with Gasteiger partial charge in [-0.05, 0) is 12.3 Å². The second-order valence-electron chi connectivity index (χ2n) is 4.28. The van der Waals surface area contributed by atoms with Crippen molar-refractivity contribution in [3.8, 4) is 0 Å². The van der Waals surface area contributed by atoms with Gasteiger partial charge in [0, 0.05) is 13.1 Å². The van der Waals surface area contributed by atoms with Gasteiger partial charge in [-0.2, -0.15) is 0 Å². The molecule has 0 saturated carbocycles. The fraction of sp³-hybridized carbons (Fsp3) is 0.636. The Bertz CT molecular complexity index is 340. The molecule has 0 aromatic carbocycles. The predicted molar refractivity (Wildman–Crippen MR) is 61.9 cm³/mol. The minimum absolute atomic E-state index is 0.165. The highest BCUT2D eigenvalue weighted by Gasteiger charge is 2.31. The molecule has 0 aliphatic carbocycles. The number of aromatic nitrogens is 2. The van der Waals surface area contributed by atoms with E-state index in [-0.39, 0.29) is 12.6 Å². The van der Waals surface area contributed by atoms with Crippen molar-refractivity contribution in [3.63, 3.8) is 0 Å². The average molecular weight is 222 g/mol. The monoisotopic (exact) mass is 222 g/mol. The van der Waals surface area contributed by atoms with E-state index in [1.165, 1.54) is 0 Å². The van der Waals surface area contributed by atoms with Gasteiger partial charge in [0.05, 0.1) is 30.7 Å². The van der Waals surface area contributed by atoms with Gasteiger partial charge in [0.25, 0.3) is 0 Å². The summed E-state index contributed by atoms with van der Waals surface area (Å²) in [6.45, 7) is 3.67. The summed E-state index contributed by atoms with van der Waals surface area (Å²) in [5.41, 5.74) is 6.26. The van der Waals surface area contributed by atoms with Gasteiger partial charge in [-0.25, -0.2) is 4.98 Å². The molecule has 0 radical (unpaired) electrons. The van der Waals surface area contributed by atoms with E-state index in [0.717, 1.165) is 24.5 Å². The van der Waals surface area contributed by atoms with E-state index < -0.39 is 0 Å². The summed E-state index contributed by atoms with van der Waals surface area (Å²) in [6, 6.07) is 0.165. The Labute approximate surface area is 95.3 Å². The first-order valence-electron chi connectivity index (χ1n) is 5.64. The van der Waals surface area contributed by atoms with Crippen LogP contribution in [0.2, 0.25) is 0 Å². The molecule has 3 N–H and O–H groups in total. The van der Waals surface area contributed by atoms with Crippen LogP contribution in [0.15, 0.2) is 12.4 Å². The largest absolute Gasteiger partial charge is 0.394 e. The van der Waals surface area contributed by atoms with Gasteiger partial charge >= 0.3 is 0 Å². The molecule has 2 atom stereocenters. The summed E-state index contributed by atoms with van der Waals surface area (Å²) in [4.78, 5) is 10.7. The molecule has 5 heteroatoms. The third-order valence-corrected chi connectivity index (χ3v) is 3.26. The lowest BCUT2D eigenvalue weighted by Crippen LogP contribution is -2.35. The Morgan fingerprint density at radius 3 is 2.88 bits per heavy atom. The highest BCUT2D eigenvalue weighted by Crippen LogP contribution is 2.27. The van der Waals surface area contributed by atoms with Crippen LogP contribution in [0.1, 0.15) is 19.0 Å². The Kier molecular flexibility index (Phi) is 3.36. The molecule has 1 aromatic heterocycles. The molecule has 2 heterocycles.